The van der Waals surface area contributed by atoms with Crippen molar-refractivity contribution in [1.82, 2.24) is 9.80 Å². The van der Waals surface area contributed by atoms with Gasteiger partial charge in [0.1, 0.15) is 5.70 Å². The number of hydrogen-bond donors (Lipinski definition) is 2. The highest BCUT2D eigenvalue weighted by molar-refractivity contribution is 6.21. The Balaban J connectivity index is 1.90. The standard InChI is InChI=1S/C20H23N3O6/c1-11(2)9-23-17(25)13-5-4-12(8-14(13)18(23)26)21-16-15(20(28)29-3)10-22(6-7-24)19(16)27/h4-5,8,11,21,24H,6-7,9-10H2,1-3H3. The number of anilines is 1. The van der Waals surface area contributed by atoms with Crippen LogP contribution in [-0.4, -0.2) is 71.9 Å². The number of methoxy groups -OCH3 is 1. The van der Waals surface area contributed by atoms with Crippen LogP contribution in [0.25, 0.3) is 0 Å². The number of benzene rings is 1. The molecule has 2 aliphatic rings. The third-order valence-electron chi connectivity index (χ3n) is 4.74. The molecule has 0 fully saturated rings. The lowest BCUT2D eigenvalue weighted by molar-refractivity contribution is -0.136. The number of β-amino-alcohol motifs (C(OH)–C–C–N with tert-alkyl or cyclic N) is 1. The van der Waals surface area contributed by atoms with E-state index < -0.39 is 11.9 Å². The van der Waals surface area contributed by atoms with E-state index in [9.17, 15) is 19.2 Å². The molecule has 154 valence electrons. The Hall–Kier alpha value is -3.20. The van der Waals surface area contributed by atoms with Gasteiger partial charge in [0, 0.05) is 18.8 Å². The van der Waals surface area contributed by atoms with Gasteiger partial charge in [-0.2, -0.15) is 0 Å². The number of fused-ring (bicyclic) bond motifs is 1. The van der Waals surface area contributed by atoms with E-state index in [2.05, 4.69) is 5.32 Å². The summed E-state index contributed by atoms with van der Waals surface area (Å²) in [5.74, 6) is -1.70. The molecule has 0 unspecified atom stereocenters. The van der Waals surface area contributed by atoms with Gasteiger partial charge in [0.2, 0.25) is 0 Å². The monoisotopic (exact) mass is 401 g/mol. The zero-order valence-electron chi connectivity index (χ0n) is 16.5. The number of ether oxygens (including phenoxy) is 1. The van der Waals surface area contributed by atoms with Gasteiger partial charge in [-0.15, -0.1) is 0 Å². The molecule has 0 radical (unpaired) electrons. The number of rotatable bonds is 7. The number of nitrogens with zero attached hydrogens (tertiary/aromatic N) is 2. The Kier molecular flexibility index (Phi) is 5.69. The van der Waals surface area contributed by atoms with E-state index in [0.717, 1.165) is 0 Å². The molecule has 2 heterocycles. The van der Waals surface area contributed by atoms with Crippen molar-refractivity contribution in [1.29, 1.82) is 0 Å². The first-order valence-electron chi connectivity index (χ1n) is 9.27. The van der Waals surface area contributed by atoms with Gasteiger partial charge in [-0.1, -0.05) is 13.8 Å². The summed E-state index contributed by atoms with van der Waals surface area (Å²) in [6.45, 7) is 4.00. The van der Waals surface area contributed by atoms with Crippen LogP contribution in [0.15, 0.2) is 29.5 Å². The number of carbonyl (C=O) groups is 4. The average Bonchev–Trinajstić information content (AvgIpc) is 3.11. The van der Waals surface area contributed by atoms with Gasteiger partial charge >= 0.3 is 5.97 Å². The van der Waals surface area contributed by atoms with Gasteiger partial charge in [0.15, 0.2) is 0 Å². The second kappa shape index (κ2) is 8.04. The molecule has 9 nitrogen and oxygen atoms in total. The van der Waals surface area contributed by atoms with Crippen molar-refractivity contribution in [2.24, 2.45) is 5.92 Å². The minimum Gasteiger partial charge on any atom is -0.466 e. The number of nitrogens with one attached hydrogen (secondary N) is 1. The van der Waals surface area contributed by atoms with Crippen molar-refractivity contribution < 1.29 is 29.0 Å². The van der Waals surface area contributed by atoms with E-state index in [-0.39, 0.29) is 54.3 Å². The minimum atomic E-state index is -0.656. The number of aliphatic hydroxyl groups excluding tert-OH is 1. The summed E-state index contributed by atoms with van der Waals surface area (Å²) in [7, 11) is 1.22. The molecule has 0 aromatic heterocycles. The molecule has 0 spiro atoms. The molecule has 29 heavy (non-hydrogen) atoms. The lowest BCUT2D eigenvalue weighted by Gasteiger charge is -2.15. The maximum absolute atomic E-state index is 12.6. The second-order valence-corrected chi connectivity index (χ2v) is 7.30. The smallest absolute Gasteiger partial charge is 0.337 e. The van der Waals surface area contributed by atoms with Crippen LogP contribution in [0.2, 0.25) is 0 Å². The molecule has 1 aromatic carbocycles. The van der Waals surface area contributed by atoms with Crippen molar-refractivity contribution in [2.75, 3.05) is 38.7 Å². The molecular formula is C20H23N3O6. The fourth-order valence-corrected chi connectivity index (χ4v) is 3.39. The number of hydrogen-bond acceptors (Lipinski definition) is 7. The van der Waals surface area contributed by atoms with Gasteiger partial charge in [-0.05, 0) is 24.1 Å². The van der Waals surface area contributed by atoms with Crippen molar-refractivity contribution in [2.45, 2.75) is 13.8 Å². The van der Waals surface area contributed by atoms with Crippen molar-refractivity contribution >= 4 is 29.4 Å². The largest absolute Gasteiger partial charge is 0.466 e. The molecule has 1 aromatic rings. The zero-order valence-corrected chi connectivity index (χ0v) is 16.5. The van der Waals surface area contributed by atoms with Crippen LogP contribution in [0, 0.1) is 5.92 Å². The number of carbonyl (C=O) groups excluding carboxylic acids is 4. The SMILES string of the molecule is COC(=O)C1=C(Nc2ccc3c(c2)C(=O)N(CC(C)C)C3=O)C(=O)N(CCO)C1. The van der Waals surface area contributed by atoms with Gasteiger partial charge in [-0.3, -0.25) is 19.3 Å². The van der Waals surface area contributed by atoms with Crippen LogP contribution in [0.5, 0.6) is 0 Å². The van der Waals surface area contributed by atoms with Crippen LogP contribution >= 0.6 is 0 Å². The van der Waals surface area contributed by atoms with Gasteiger partial charge < -0.3 is 20.1 Å². The number of amides is 3. The zero-order chi connectivity index (χ0) is 21.3. The summed E-state index contributed by atoms with van der Waals surface area (Å²) in [5, 5.41) is 12.0. The Labute approximate surface area is 167 Å². The fraction of sp³-hybridized carbons (Fsp3) is 0.400. The minimum absolute atomic E-state index is 0.0128. The number of aliphatic hydroxyl groups is 1. The molecule has 2 aliphatic heterocycles. The maximum Gasteiger partial charge on any atom is 0.337 e. The topological polar surface area (TPSA) is 116 Å². The molecule has 9 heteroatoms. The Bertz CT molecular complexity index is 921. The van der Waals surface area contributed by atoms with Crippen molar-refractivity contribution in [3.05, 3.63) is 40.6 Å². The highest BCUT2D eigenvalue weighted by atomic mass is 16.5. The molecule has 0 bridgehead atoms. The third-order valence-corrected chi connectivity index (χ3v) is 4.74. The van der Waals surface area contributed by atoms with Crippen LogP contribution < -0.4 is 5.32 Å². The van der Waals surface area contributed by atoms with E-state index in [1.807, 2.05) is 13.8 Å². The Morgan fingerprint density at radius 3 is 2.48 bits per heavy atom. The second-order valence-electron chi connectivity index (χ2n) is 7.30. The molecule has 0 atom stereocenters. The van der Waals surface area contributed by atoms with Crippen LogP contribution in [-0.2, 0) is 14.3 Å². The van der Waals surface area contributed by atoms with Crippen LogP contribution in [0.3, 0.4) is 0 Å². The number of esters is 1. The molecule has 2 N–H and O–H groups in total. The number of imide groups is 1. The van der Waals surface area contributed by atoms with Crippen molar-refractivity contribution in [3.8, 4) is 0 Å². The van der Waals surface area contributed by atoms with E-state index in [1.165, 1.54) is 29.0 Å². The predicted molar refractivity (Wildman–Crippen MR) is 103 cm³/mol. The first-order valence-corrected chi connectivity index (χ1v) is 9.27. The predicted octanol–water partition coefficient (Wildman–Crippen LogP) is 0.612. The lowest BCUT2D eigenvalue weighted by atomic mass is 10.1. The van der Waals surface area contributed by atoms with E-state index >= 15 is 0 Å². The normalized spacial score (nSPS) is 16.2. The summed E-state index contributed by atoms with van der Waals surface area (Å²) in [6, 6.07) is 4.61. The van der Waals surface area contributed by atoms with Crippen LogP contribution in [0.1, 0.15) is 34.6 Å². The Morgan fingerprint density at radius 2 is 1.86 bits per heavy atom. The fourth-order valence-electron chi connectivity index (χ4n) is 3.39. The summed E-state index contributed by atoms with van der Waals surface area (Å²) < 4.78 is 4.75. The van der Waals surface area contributed by atoms with E-state index in [0.29, 0.717) is 17.8 Å². The highest BCUT2D eigenvalue weighted by Crippen LogP contribution is 2.29. The van der Waals surface area contributed by atoms with Crippen LogP contribution in [0.4, 0.5) is 5.69 Å². The van der Waals surface area contributed by atoms with Gasteiger partial charge in [-0.25, -0.2) is 4.79 Å². The van der Waals surface area contributed by atoms with E-state index in [1.54, 1.807) is 6.07 Å². The quantitative estimate of drug-likeness (QED) is 0.508. The maximum atomic E-state index is 12.6. The molecule has 0 aliphatic carbocycles. The first-order chi connectivity index (χ1) is 13.8. The summed E-state index contributed by atoms with van der Waals surface area (Å²) in [4.78, 5) is 52.3. The molecule has 3 rings (SSSR count). The van der Waals surface area contributed by atoms with Gasteiger partial charge in [0.05, 0.1) is 37.0 Å². The van der Waals surface area contributed by atoms with Gasteiger partial charge in [0.25, 0.3) is 17.7 Å². The molecule has 3 amide bonds. The summed E-state index contributed by atoms with van der Waals surface area (Å²) in [5.41, 5.74) is 1.12. The average molecular weight is 401 g/mol. The molecule has 0 saturated heterocycles. The van der Waals surface area contributed by atoms with Crippen molar-refractivity contribution in [3.63, 3.8) is 0 Å². The third kappa shape index (κ3) is 3.73. The highest BCUT2D eigenvalue weighted by Gasteiger charge is 2.37. The van der Waals surface area contributed by atoms with E-state index in [4.69, 9.17) is 9.84 Å². The Morgan fingerprint density at radius 1 is 1.17 bits per heavy atom. The molecule has 0 saturated carbocycles. The lowest BCUT2D eigenvalue weighted by Crippen LogP contribution is -2.33. The molecular weight excluding hydrogens is 378 g/mol. The first kappa shape index (κ1) is 20.5. The summed E-state index contributed by atoms with van der Waals surface area (Å²) >= 11 is 0. The summed E-state index contributed by atoms with van der Waals surface area (Å²) in [6.07, 6.45) is 0.